The first-order chi connectivity index (χ1) is 18.2. The number of carbonyl (C=O) groups excluding carboxylic acids is 1. The van der Waals surface area contributed by atoms with Crippen LogP contribution < -0.4 is 20.7 Å². The summed E-state index contributed by atoms with van der Waals surface area (Å²) in [7, 11) is 1.60. The van der Waals surface area contributed by atoms with E-state index in [1.54, 1.807) is 18.9 Å². The molecule has 1 saturated heterocycles. The van der Waals surface area contributed by atoms with Gasteiger partial charge >= 0.3 is 0 Å². The minimum atomic E-state index is -0.113. The molecule has 2 aromatic carbocycles. The second-order valence-corrected chi connectivity index (χ2v) is 10.8. The summed E-state index contributed by atoms with van der Waals surface area (Å²) < 4.78 is 7.79. The lowest BCUT2D eigenvalue weighted by atomic mass is 9.87. The van der Waals surface area contributed by atoms with E-state index in [4.69, 9.17) is 15.6 Å². The molecule has 3 N–H and O–H groups in total. The number of hydrogen-bond donors (Lipinski definition) is 2. The van der Waals surface area contributed by atoms with Crippen molar-refractivity contribution in [1.82, 2.24) is 25.1 Å². The molecule has 0 atom stereocenters. The van der Waals surface area contributed by atoms with Gasteiger partial charge in [-0.15, -0.1) is 0 Å². The first-order valence-electron chi connectivity index (χ1n) is 13.0. The molecule has 4 aromatic rings. The highest BCUT2D eigenvalue weighted by Gasteiger charge is 2.25. The summed E-state index contributed by atoms with van der Waals surface area (Å²) in [4.78, 5) is 23.3. The molecule has 0 saturated carbocycles. The normalized spacial score (nSPS) is 14.6. The van der Waals surface area contributed by atoms with E-state index < -0.39 is 0 Å². The molecule has 0 bridgehead atoms. The van der Waals surface area contributed by atoms with E-state index in [2.05, 4.69) is 48.2 Å². The van der Waals surface area contributed by atoms with Gasteiger partial charge in [-0.05, 0) is 61.2 Å². The van der Waals surface area contributed by atoms with Gasteiger partial charge in [-0.2, -0.15) is 5.10 Å². The fourth-order valence-electron chi connectivity index (χ4n) is 5.11. The second-order valence-electron chi connectivity index (χ2n) is 10.8. The number of anilines is 3. The van der Waals surface area contributed by atoms with Crippen molar-refractivity contribution < 1.29 is 9.53 Å². The number of piperidine rings is 1. The van der Waals surface area contributed by atoms with Crippen LogP contribution in [-0.2, 0) is 10.2 Å². The number of nitrogen functional groups attached to an aromatic ring is 1. The fraction of sp³-hybridized carbons (Fsp3) is 0.379. The zero-order valence-electron chi connectivity index (χ0n) is 22.7. The van der Waals surface area contributed by atoms with Crippen molar-refractivity contribution in [3.63, 3.8) is 0 Å². The summed E-state index contributed by atoms with van der Waals surface area (Å²) in [6.45, 7) is 9.92. The SMILES string of the molecule is COc1cc(-c2nn(C3CCNCC3)c3ncnc(N)c23)ccc1N(C(C)=O)c1ccc(C(C)(C)C)cc1. The van der Waals surface area contributed by atoms with Crippen molar-refractivity contribution in [2.24, 2.45) is 0 Å². The van der Waals surface area contributed by atoms with E-state index in [0.717, 1.165) is 48.2 Å². The predicted octanol–water partition coefficient (Wildman–Crippen LogP) is 4.99. The fourth-order valence-corrected chi connectivity index (χ4v) is 5.11. The van der Waals surface area contributed by atoms with Gasteiger partial charge in [0.25, 0.3) is 0 Å². The third kappa shape index (κ3) is 4.69. The number of fused-ring (bicyclic) bond motifs is 1. The van der Waals surface area contributed by atoms with Crippen molar-refractivity contribution in [2.75, 3.05) is 30.8 Å². The van der Waals surface area contributed by atoms with E-state index in [1.165, 1.54) is 11.9 Å². The molecule has 0 unspecified atom stereocenters. The molecule has 9 heteroatoms. The van der Waals surface area contributed by atoms with Crippen LogP contribution >= 0.6 is 0 Å². The molecule has 0 radical (unpaired) electrons. The average molecular weight is 514 g/mol. The number of aromatic nitrogens is 4. The smallest absolute Gasteiger partial charge is 0.228 e. The molecule has 3 heterocycles. The Kier molecular flexibility index (Phi) is 6.79. The van der Waals surface area contributed by atoms with E-state index >= 15 is 0 Å². The number of rotatable bonds is 5. The lowest BCUT2D eigenvalue weighted by Crippen LogP contribution is -2.30. The summed E-state index contributed by atoms with van der Waals surface area (Å²) in [6.07, 6.45) is 3.41. The first kappa shape index (κ1) is 25.7. The Bertz CT molecular complexity index is 1470. The second kappa shape index (κ2) is 10.1. The van der Waals surface area contributed by atoms with Gasteiger partial charge in [0.1, 0.15) is 23.6 Å². The lowest BCUT2D eigenvalue weighted by Gasteiger charge is -2.25. The number of nitrogens with one attached hydrogen (secondary N) is 1. The van der Waals surface area contributed by atoms with Crippen LogP contribution in [0.15, 0.2) is 48.8 Å². The van der Waals surface area contributed by atoms with Gasteiger partial charge in [-0.3, -0.25) is 9.69 Å². The van der Waals surface area contributed by atoms with Gasteiger partial charge < -0.3 is 15.8 Å². The Hall–Kier alpha value is -3.98. The lowest BCUT2D eigenvalue weighted by molar-refractivity contribution is -0.115. The minimum absolute atomic E-state index is 0.0186. The van der Waals surface area contributed by atoms with Crippen molar-refractivity contribution in [1.29, 1.82) is 0 Å². The number of nitrogens with zero attached hydrogens (tertiary/aromatic N) is 5. The van der Waals surface area contributed by atoms with E-state index in [9.17, 15) is 4.79 Å². The Labute approximate surface area is 223 Å². The molecule has 9 nitrogen and oxygen atoms in total. The molecule has 38 heavy (non-hydrogen) atoms. The number of amides is 1. The Morgan fingerprint density at radius 1 is 1.11 bits per heavy atom. The highest BCUT2D eigenvalue weighted by atomic mass is 16.5. The zero-order valence-corrected chi connectivity index (χ0v) is 22.7. The highest BCUT2D eigenvalue weighted by Crippen LogP contribution is 2.40. The number of methoxy groups -OCH3 is 1. The number of nitrogens with two attached hydrogens (primary N) is 1. The number of ether oxygens (including phenoxy) is 1. The molecule has 0 aliphatic carbocycles. The summed E-state index contributed by atoms with van der Waals surface area (Å²) >= 11 is 0. The monoisotopic (exact) mass is 513 g/mol. The van der Waals surface area contributed by atoms with Gasteiger partial charge in [0.05, 0.1) is 24.2 Å². The Morgan fingerprint density at radius 3 is 2.45 bits per heavy atom. The quantitative estimate of drug-likeness (QED) is 0.387. The van der Waals surface area contributed by atoms with Crippen LogP contribution in [-0.4, -0.2) is 45.9 Å². The van der Waals surface area contributed by atoms with Crippen molar-refractivity contribution >= 4 is 34.1 Å². The van der Waals surface area contributed by atoms with Crippen molar-refractivity contribution in [3.05, 3.63) is 54.4 Å². The van der Waals surface area contributed by atoms with E-state index in [0.29, 0.717) is 22.9 Å². The number of carbonyl (C=O) groups is 1. The topological polar surface area (TPSA) is 111 Å². The third-order valence-electron chi connectivity index (χ3n) is 7.17. The molecule has 0 spiro atoms. The summed E-state index contributed by atoms with van der Waals surface area (Å²) in [5.41, 5.74) is 11.2. The summed E-state index contributed by atoms with van der Waals surface area (Å²) in [5, 5.41) is 9.11. The van der Waals surface area contributed by atoms with Crippen molar-refractivity contribution in [3.8, 4) is 17.0 Å². The largest absolute Gasteiger partial charge is 0.495 e. The van der Waals surface area contributed by atoms with Crippen LogP contribution in [0.3, 0.4) is 0 Å². The van der Waals surface area contributed by atoms with Crippen LogP contribution in [0.25, 0.3) is 22.3 Å². The van der Waals surface area contributed by atoms with Crippen LogP contribution in [0.5, 0.6) is 5.75 Å². The highest BCUT2D eigenvalue weighted by molar-refractivity contribution is 6.02. The van der Waals surface area contributed by atoms with Crippen LogP contribution in [0.4, 0.5) is 17.2 Å². The predicted molar refractivity (Wildman–Crippen MR) is 151 cm³/mol. The average Bonchev–Trinajstić information content (AvgIpc) is 3.30. The van der Waals surface area contributed by atoms with E-state index in [1.807, 2.05) is 35.0 Å². The molecule has 1 amide bonds. The first-order valence-corrected chi connectivity index (χ1v) is 13.0. The van der Waals surface area contributed by atoms with Gasteiger partial charge in [0.2, 0.25) is 5.91 Å². The molecule has 198 valence electrons. The Morgan fingerprint density at radius 2 is 1.82 bits per heavy atom. The van der Waals surface area contributed by atoms with E-state index in [-0.39, 0.29) is 17.4 Å². The minimum Gasteiger partial charge on any atom is -0.495 e. The molecule has 2 aromatic heterocycles. The maximum absolute atomic E-state index is 12.9. The van der Waals surface area contributed by atoms with Gasteiger partial charge in [-0.25, -0.2) is 14.6 Å². The zero-order chi connectivity index (χ0) is 27.0. The van der Waals surface area contributed by atoms with Crippen LogP contribution in [0, 0.1) is 0 Å². The standard InChI is InChI=1S/C29H35N7O2/c1-18(37)35(21-9-7-20(8-10-21)29(2,3)4)23-11-6-19(16-24(23)38-5)26-25-27(30)32-17-33-28(25)36(34-26)22-12-14-31-15-13-22/h6-11,16-17,22,31H,12-15H2,1-5H3,(H2,30,32,33). The van der Waals surface area contributed by atoms with Gasteiger partial charge in [0.15, 0.2) is 5.65 Å². The Balaban J connectivity index is 1.59. The maximum atomic E-state index is 12.9. The van der Waals surface area contributed by atoms with Gasteiger partial charge in [0, 0.05) is 18.2 Å². The summed E-state index contributed by atoms with van der Waals surface area (Å²) in [5.74, 6) is 0.827. The van der Waals surface area contributed by atoms with Crippen LogP contribution in [0.2, 0.25) is 0 Å². The van der Waals surface area contributed by atoms with Gasteiger partial charge in [-0.1, -0.05) is 39.0 Å². The van der Waals surface area contributed by atoms with Crippen molar-refractivity contribution in [2.45, 2.75) is 52.0 Å². The summed E-state index contributed by atoms with van der Waals surface area (Å²) in [6, 6.07) is 14.0. The molecular weight excluding hydrogens is 478 g/mol. The number of benzene rings is 2. The molecule has 1 aliphatic rings. The molecular formula is C29H35N7O2. The maximum Gasteiger partial charge on any atom is 0.228 e. The molecule has 1 aliphatic heterocycles. The molecule has 1 fully saturated rings. The number of hydrogen-bond acceptors (Lipinski definition) is 7. The third-order valence-corrected chi connectivity index (χ3v) is 7.17. The van der Waals surface area contributed by atoms with Crippen LogP contribution in [0.1, 0.15) is 52.1 Å². The molecule has 5 rings (SSSR count).